The molecule has 1 aliphatic rings. The van der Waals surface area contributed by atoms with Crippen LogP contribution in [0.2, 0.25) is 0 Å². The van der Waals surface area contributed by atoms with E-state index in [2.05, 4.69) is 0 Å². The summed E-state index contributed by atoms with van der Waals surface area (Å²) in [7, 11) is 0. The third-order valence-electron chi connectivity index (χ3n) is 4.14. The second-order valence-electron chi connectivity index (χ2n) is 6.47. The lowest BCUT2D eigenvalue weighted by Crippen LogP contribution is -2.72. The smallest absolute Gasteiger partial charge is 0.267 e. The molecule has 1 aromatic carbocycles. The molecule has 0 saturated carbocycles. The fraction of sp³-hybridized carbons (Fsp3) is 0.571. The van der Waals surface area contributed by atoms with Gasteiger partial charge in [-0.25, -0.2) is 26.3 Å². The molecular weight excluding hydrogens is 602 g/mol. The van der Waals surface area contributed by atoms with Gasteiger partial charge in [-0.05, 0) is 0 Å². The molecule has 0 spiro atoms. The summed E-state index contributed by atoms with van der Waals surface area (Å²) in [6.45, 7) is 0. The zero-order valence-electron chi connectivity index (χ0n) is 15.7. The number of hydrogen-bond donors (Lipinski definition) is 0. The minimum Gasteiger partial charge on any atom is -0.267 e. The van der Waals surface area contributed by atoms with Gasteiger partial charge in [0, 0.05) is 0 Å². The summed E-state index contributed by atoms with van der Waals surface area (Å²) in [5.74, 6) is -61.2. The fourth-order valence-corrected chi connectivity index (χ4v) is 2.11. The van der Waals surface area contributed by atoms with Crippen LogP contribution in [0.4, 0.5) is 96.6 Å². The van der Waals surface area contributed by atoms with E-state index in [9.17, 15) is 96.6 Å². The van der Waals surface area contributed by atoms with Gasteiger partial charge in [-0.15, -0.1) is 0 Å². The predicted octanol–water partition coefficient (Wildman–Crippen LogP) is 7.54. The van der Waals surface area contributed by atoms with Crippen molar-refractivity contribution >= 4 is 0 Å². The monoisotopic (exact) mass is 602 g/mol. The number of ether oxygens (including phenoxy) is 1. The van der Waals surface area contributed by atoms with Crippen molar-refractivity contribution in [3.8, 4) is 0 Å². The van der Waals surface area contributed by atoms with Gasteiger partial charge >= 0.3 is 47.8 Å². The lowest BCUT2D eigenvalue weighted by Gasteiger charge is -2.39. The fourth-order valence-electron chi connectivity index (χ4n) is 2.11. The minimum absolute atomic E-state index is 1.60. The molecule has 37 heavy (non-hydrogen) atoms. The Morgan fingerprint density at radius 1 is 0.432 bits per heavy atom. The van der Waals surface area contributed by atoms with Crippen LogP contribution in [0.25, 0.3) is 0 Å². The topological polar surface area (TPSA) is 9.23 Å². The molecular formula is C14F22O. The number of hydrogen-bond acceptors (Lipinski definition) is 1. The van der Waals surface area contributed by atoms with Gasteiger partial charge in [0.25, 0.3) is 0 Å². The highest BCUT2D eigenvalue weighted by molar-refractivity contribution is 5.19. The average Bonchev–Trinajstić information content (AvgIpc) is 2.82. The maximum absolute atomic E-state index is 13.4. The number of alkyl halides is 16. The highest BCUT2D eigenvalue weighted by atomic mass is 19.4. The molecule has 1 nitrogen and oxygen atoms in total. The molecule has 2 rings (SSSR count). The van der Waals surface area contributed by atoms with Crippen LogP contribution in [-0.2, 0) is 4.74 Å². The van der Waals surface area contributed by atoms with E-state index < -0.39 is 82.7 Å². The van der Waals surface area contributed by atoms with Crippen LogP contribution in [0.1, 0.15) is 0 Å². The van der Waals surface area contributed by atoms with E-state index in [1.165, 1.54) is 0 Å². The molecule has 0 amide bonds. The molecule has 216 valence electrons. The first kappa shape index (κ1) is 32.7. The van der Waals surface area contributed by atoms with E-state index in [4.69, 9.17) is 0 Å². The van der Waals surface area contributed by atoms with Crippen molar-refractivity contribution in [2.45, 2.75) is 47.8 Å². The second kappa shape index (κ2) is 8.58. The normalized spacial score (nSPS) is 23.5. The van der Waals surface area contributed by atoms with Crippen LogP contribution in [0.3, 0.4) is 0 Å². The van der Waals surface area contributed by atoms with E-state index >= 15 is 0 Å². The van der Waals surface area contributed by atoms with E-state index in [-0.39, 0.29) is 0 Å². The van der Waals surface area contributed by atoms with Gasteiger partial charge in [0.1, 0.15) is 0 Å². The van der Waals surface area contributed by atoms with Crippen LogP contribution in [0, 0.1) is 34.9 Å². The third kappa shape index (κ3) is 4.10. The highest BCUT2D eigenvalue weighted by Crippen LogP contribution is 2.68. The van der Waals surface area contributed by atoms with E-state index in [0.29, 0.717) is 0 Å². The summed E-state index contributed by atoms with van der Waals surface area (Å²) in [4.78, 5) is 0. The Morgan fingerprint density at radius 3 is 0.892 bits per heavy atom. The summed E-state index contributed by atoms with van der Waals surface area (Å²) in [5.41, 5.74) is 0. The molecule has 1 heterocycles. The highest BCUT2D eigenvalue weighted by Gasteiger charge is 3.00. The van der Waals surface area contributed by atoms with Gasteiger partial charge in [-0.2, -0.15) is 70.2 Å². The van der Waals surface area contributed by atoms with Gasteiger partial charge in [0.15, 0.2) is 0 Å². The third-order valence-corrected chi connectivity index (χ3v) is 4.14. The molecule has 0 bridgehead atoms. The Kier molecular flexibility index (Phi) is 7.57. The van der Waals surface area contributed by atoms with Crippen molar-refractivity contribution in [2.75, 3.05) is 0 Å². The van der Waals surface area contributed by atoms with Crippen molar-refractivity contribution in [1.82, 2.24) is 0 Å². The van der Waals surface area contributed by atoms with Crippen molar-refractivity contribution in [3.05, 3.63) is 34.9 Å². The van der Waals surface area contributed by atoms with Crippen LogP contribution in [-0.4, -0.2) is 47.8 Å². The lowest BCUT2D eigenvalue weighted by atomic mass is 9.92. The van der Waals surface area contributed by atoms with Crippen molar-refractivity contribution < 1.29 is 101 Å². The van der Waals surface area contributed by atoms with Gasteiger partial charge in [0.2, 0.25) is 34.9 Å². The van der Waals surface area contributed by atoms with Gasteiger partial charge in [-0.3, -0.25) is 4.74 Å². The first-order valence-corrected chi connectivity index (χ1v) is 7.82. The molecule has 1 atom stereocenters. The average molecular weight is 602 g/mol. The molecule has 1 saturated heterocycles. The molecule has 0 aromatic heterocycles. The van der Waals surface area contributed by atoms with E-state index in [1.807, 2.05) is 0 Å². The summed E-state index contributed by atoms with van der Waals surface area (Å²) in [6, 6.07) is 0. The predicted molar refractivity (Wildman–Crippen MR) is 66.9 cm³/mol. The maximum Gasteiger partial charge on any atom is 0.460 e. The Labute approximate surface area is 185 Å². The van der Waals surface area contributed by atoms with Crippen LogP contribution in [0.5, 0.6) is 0 Å². The van der Waals surface area contributed by atoms with Crippen LogP contribution < -0.4 is 0 Å². The first-order chi connectivity index (χ1) is 15.9. The summed E-state index contributed by atoms with van der Waals surface area (Å²) in [6.07, 6.45) is -14.6. The van der Waals surface area contributed by atoms with Crippen LogP contribution in [0.15, 0.2) is 0 Å². The number of halogens is 22. The van der Waals surface area contributed by atoms with Crippen LogP contribution >= 0.6 is 0 Å². The Balaban J connectivity index is 0.000000474. The number of rotatable bonds is 3. The molecule has 0 aliphatic carbocycles. The zero-order valence-corrected chi connectivity index (χ0v) is 15.7. The van der Waals surface area contributed by atoms with Gasteiger partial charge < -0.3 is 0 Å². The van der Waals surface area contributed by atoms with Crippen molar-refractivity contribution in [2.24, 2.45) is 0 Å². The van der Waals surface area contributed by atoms with E-state index in [1.54, 1.807) is 4.74 Å². The van der Waals surface area contributed by atoms with Crippen molar-refractivity contribution in [1.29, 1.82) is 0 Å². The Bertz CT molecular complexity index is 934. The lowest BCUT2D eigenvalue weighted by molar-refractivity contribution is -0.459. The molecule has 1 unspecified atom stereocenters. The van der Waals surface area contributed by atoms with Gasteiger partial charge in [0.05, 0.1) is 0 Å². The summed E-state index contributed by atoms with van der Waals surface area (Å²) >= 11 is 0. The van der Waals surface area contributed by atoms with E-state index in [0.717, 1.165) is 0 Å². The molecule has 0 radical (unpaired) electrons. The van der Waals surface area contributed by atoms with Crippen molar-refractivity contribution in [3.63, 3.8) is 0 Å². The molecule has 1 aliphatic heterocycles. The second-order valence-corrected chi connectivity index (χ2v) is 6.47. The first-order valence-electron chi connectivity index (χ1n) is 7.82. The largest absolute Gasteiger partial charge is 0.460 e. The summed E-state index contributed by atoms with van der Waals surface area (Å²) in [5, 5.41) is 0. The summed E-state index contributed by atoms with van der Waals surface area (Å²) < 4.78 is 275. The Hall–Kier alpha value is -2.36. The quantitative estimate of drug-likeness (QED) is 0.198. The Morgan fingerprint density at radius 2 is 0.703 bits per heavy atom. The molecule has 23 heteroatoms. The van der Waals surface area contributed by atoms with Gasteiger partial charge in [-0.1, -0.05) is 0 Å². The SMILES string of the molecule is FC(F)(F)C(F)(F)C(F)(F)C(F)(F)C1(F)OC(F)(F)C(F)(F)C1(F)F.Fc1c(F)c(F)c(F)c(F)c1F. The molecule has 0 N–H and O–H groups in total. The standard InChI is InChI=1S/C8F16O.C6F6/c9-1(10,4(15,16)7(20,21)22)2(11,12)6(19)3(13,14)5(17,18)8(23,24)25-6;7-1-2(8)4(10)6(12)5(11)3(1)9. The minimum atomic E-state index is -8.24. The number of benzene rings is 1. The zero-order chi connectivity index (χ0) is 30.2. The molecule has 1 aromatic rings. The molecule has 1 fully saturated rings. The maximum atomic E-state index is 13.4.